The van der Waals surface area contributed by atoms with E-state index in [1.54, 1.807) is 36.4 Å². The molecule has 1 amide bonds. The van der Waals surface area contributed by atoms with Crippen LogP contribution in [0.1, 0.15) is 29.5 Å². The molecule has 0 saturated heterocycles. The second kappa shape index (κ2) is 8.25. The van der Waals surface area contributed by atoms with Crippen molar-refractivity contribution in [2.24, 2.45) is 0 Å². The minimum Gasteiger partial charge on any atom is -0.348 e. The van der Waals surface area contributed by atoms with E-state index in [-0.39, 0.29) is 16.8 Å². The van der Waals surface area contributed by atoms with Gasteiger partial charge in [0.1, 0.15) is 0 Å². The number of hydrogen-bond acceptors (Lipinski definition) is 3. The maximum atomic E-state index is 12.1. The Morgan fingerprint density at radius 3 is 2.52 bits per heavy atom. The van der Waals surface area contributed by atoms with Crippen molar-refractivity contribution in [2.75, 3.05) is 0 Å². The summed E-state index contributed by atoms with van der Waals surface area (Å²) in [4.78, 5) is 12.2. The van der Waals surface area contributed by atoms with Crippen molar-refractivity contribution in [2.45, 2.75) is 37.2 Å². The smallest absolute Gasteiger partial charge is 0.244 e. The molecule has 0 aromatic heterocycles. The summed E-state index contributed by atoms with van der Waals surface area (Å²) in [6.07, 6.45) is 4.93. The highest BCUT2D eigenvalue weighted by Gasteiger charge is 2.27. The molecule has 27 heavy (non-hydrogen) atoms. The van der Waals surface area contributed by atoms with Gasteiger partial charge in [0.2, 0.25) is 15.9 Å². The average Bonchev–Trinajstić information content (AvgIpc) is 3.44. The van der Waals surface area contributed by atoms with Gasteiger partial charge in [-0.15, -0.1) is 0 Å². The summed E-state index contributed by atoms with van der Waals surface area (Å²) >= 11 is 6.06. The third-order valence-corrected chi connectivity index (χ3v) is 6.17. The number of amides is 1. The van der Waals surface area contributed by atoms with Gasteiger partial charge in [0.25, 0.3) is 0 Å². The fraction of sp³-hybridized carbons (Fsp3) is 0.250. The minimum atomic E-state index is -3.45. The first-order chi connectivity index (χ1) is 12.8. The lowest BCUT2D eigenvalue weighted by Gasteiger charge is -2.07. The zero-order valence-corrected chi connectivity index (χ0v) is 16.5. The molecule has 0 aliphatic heterocycles. The quantitative estimate of drug-likeness (QED) is 0.694. The van der Waals surface area contributed by atoms with Crippen LogP contribution >= 0.6 is 11.6 Å². The summed E-state index contributed by atoms with van der Waals surface area (Å²) in [6.45, 7) is 2.23. The molecule has 1 aliphatic carbocycles. The number of carbonyl (C=O) groups excluding carboxylic acids is 1. The molecule has 1 saturated carbocycles. The Morgan fingerprint density at radius 1 is 1.19 bits per heavy atom. The molecular formula is C20H21ClN2O3S. The number of nitrogens with one attached hydrogen (secondary N) is 2. The molecular weight excluding hydrogens is 384 g/mol. The number of aryl methyl sites for hydroxylation is 1. The highest BCUT2D eigenvalue weighted by Crippen LogP contribution is 2.22. The summed E-state index contributed by atoms with van der Waals surface area (Å²) in [5.41, 5.74) is 2.65. The maximum absolute atomic E-state index is 12.1. The van der Waals surface area contributed by atoms with Crippen LogP contribution in [0.2, 0.25) is 5.02 Å². The Kier molecular flexibility index (Phi) is 5.99. The van der Waals surface area contributed by atoms with Crippen LogP contribution < -0.4 is 10.0 Å². The Bertz CT molecular complexity index is 965. The lowest BCUT2D eigenvalue weighted by Crippen LogP contribution is -2.25. The first-order valence-electron chi connectivity index (χ1n) is 8.67. The van der Waals surface area contributed by atoms with Gasteiger partial charge in [-0.3, -0.25) is 4.79 Å². The maximum Gasteiger partial charge on any atom is 0.244 e. The molecule has 1 fully saturated rings. The van der Waals surface area contributed by atoms with Crippen LogP contribution in [0.25, 0.3) is 6.08 Å². The van der Waals surface area contributed by atoms with E-state index < -0.39 is 10.0 Å². The monoisotopic (exact) mass is 404 g/mol. The zero-order valence-electron chi connectivity index (χ0n) is 14.9. The Hall–Kier alpha value is -2.15. The van der Waals surface area contributed by atoms with Crippen LogP contribution in [0, 0.1) is 6.92 Å². The van der Waals surface area contributed by atoms with Crippen molar-refractivity contribution >= 4 is 33.6 Å². The number of hydrogen-bond donors (Lipinski definition) is 2. The van der Waals surface area contributed by atoms with Crippen molar-refractivity contribution in [3.05, 3.63) is 70.3 Å². The van der Waals surface area contributed by atoms with Crippen LogP contribution in [-0.2, 0) is 21.4 Å². The van der Waals surface area contributed by atoms with E-state index in [9.17, 15) is 13.2 Å². The molecule has 1 aliphatic rings. The SMILES string of the molecule is Cc1ccc(C=CC(=O)NCc2ccc(S(=O)(=O)NC3CC3)cc2)cc1Cl. The zero-order chi connectivity index (χ0) is 19.4. The topological polar surface area (TPSA) is 75.3 Å². The molecule has 2 aromatic rings. The molecule has 7 heteroatoms. The van der Waals surface area contributed by atoms with Crippen LogP contribution in [-0.4, -0.2) is 20.4 Å². The van der Waals surface area contributed by atoms with Crippen LogP contribution in [0.15, 0.2) is 53.4 Å². The predicted octanol–water partition coefficient (Wildman–Crippen LogP) is 3.42. The van der Waals surface area contributed by atoms with Crippen molar-refractivity contribution in [3.8, 4) is 0 Å². The second-order valence-electron chi connectivity index (χ2n) is 6.60. The van der Waals surface area contributed by atoms with Gasteiger partial charge in [-0.25, -0.2) is 13.1 Å². The Labute approximate surface area is 164 Å². The van der Waals surface area contributed by atoms with E-state index in [1.807, 2.05) is 19.1 Å². The third kappa shape index (κ3) is 5.66. The lowest BCUT2D eigenvalue weighted by atomic mass is 10.1. The molecule has 0 atom stereocenters. The highest BCUT2D eigenvalue weighted by atomic mass is 35.5. The van der Waals surface area contributed by atoms with Gasteiger partial charge in [-0.2, -0.15) is 0 Å². The summed E-state index contributed by atoms with van der Waals surface area (Å²) in [6, 6.07) is 12.2. The predicted molar refractivity (Wildman–Crippen MR) is 107 cm³/mol. The fourth-order valence-corrected chi connectivity index (χ4v) is 3.90. The molecule has 3 rings (SSSR count). The van der Waals surface area contributed by atoms with Crippen molar-refractivity contribution in [1.29, 1.82) is 0 Å². The molecule has 2 aromatic carbocycles. The van der Waals surface area contributed by atoms with Gasteiger partial charge >= 0.3 is 0 Å². The fourth-order valence-electron chi connectivity index (χ4n) is 2.41. The number of benzene rings is 2. The van der Waals surface area contributed by atoms with Crippen LogP contribution in [0.4, 0.5) is 0 Å². The molecule has 2 N–H and O–H groups in total. The standard InChI is InChI=1S/C20H21ClN2O3S/c1-14-2-3-15(12-19(14)21)6-11-20(24)22-13-16-4-9-18(10-5-16)27(25,26)23-17-7-8-17/h2-6,9-12,17,23H,7-8,13H2,1H3,(H,22,24). The summed E-state index contributed by atoms with van der Waals surface area (Å²) < 4.78 is 26.9. The van der Waals surface area contributed by atoms with E-state index in [1.165, 1.54) is 6.08 Å². The first kappa shape index (κ1) is 19.6. The van der Waals surface area contributed by atoms with E-state index in [4.69, 9.17) is 11.6 Å². The molecule has 0 heterocycles. The normalized spacial score (nSPS) is 14.4. The molecule has 0 spiro atoms. The molecule has 0 bridgehead atoms. The first-order valence-corrected chi connectivity index (χ1v) is 10.5. The number of carbonyl (C=O) groups is 1. The summed E-state index contributed by atoms with van der Waals surface area (Å²) in [5, 5.41) is 3.43. The van der Waals surface area contributed by atoms with E-state index in [2.05, 4.69) is 10.0 Å². The highest BCUT2D eigenvalue weighted by molar-refractivity contribution is 7.89. The largest absolute Gasteiger partial charge is 0.348 e. The summed E-state index contributed by atoms with van der Waals surface area (Å²) in [7, 11) is -3.45. The molecule has 0 unspecified atom stereocenters. The van der Waals surface area contributed by atoms with Gasteiger partial charge < -0.3 is 5.32 Å². The number of sulfonamides is 1. The number of halogens is 1. The molecule has 142 valence electrons. The summed E-state index contributed by atoms with van der Waals surface area (Å²) in [5.74, 6) is -0.237. The van der Waals surface area contributed by atoms with Crippen molar-refractivity contribution < 1.29 is 13.2 Å². The van der Waals surface area contributed by atoms with Gasteiger partial charge in [0.15, 0.2) is 0 Å². The van der Waals surface area contributed by atoms with Crippen molar-refractivity contribution in [3.63, 3.8) is 0 Å². The molecule has 5 nitrogen and oxygen atoms in total. The van der Waals surface area contributed by atoms with Gasteiger partial charge in [-0.05, 0) is 60.7 Å². The van der Waals surface area contributed by atoms with Gasteiger partial charge in [0.05, 0.1) is 4.90 Å². The van der Waals surface area contributed by atoms with E-state index in [0.29, 0.717) is 11.6 Å². The van der Waals surface area contributed by atoms with Gasteiger partial charge in [-0.1, -0.05) is 35.9 Å². The van der Waals surface area contributed by atoms with Crippen molar-refractivity contribution in [1.82, 2.24) is 10.0 Å². The second-order valence-corrected chi connectivity index (χ2v) is 8.72. The van der Waals surface area contributed by atoms with E-state index >= 15 is 0 Å². The Morgan fingerprint density at radius 2 is 1.89 bits per heavy atom. The van der Waals surface area contributed by atoms with Crippen LogP contribution in [0.3, 0.4) is 0 Å². The Balaban J connectivity index is 1.53. The van der Waals surface area contributed by atoms with Gasteiger partial charge in [0, 0.05) is 23.7 Å². The average molecular weight is 405 g/mol. The van der Waals surface area contributed by atoms with Crippen LogP contribution in [0.5, 0.6) is 0 Å². The van der Waals surface area contributed by atoms with E-state index in [0.717, 1.165) is 29.5 Å². The molecule has 0 radical (unpaired) electrons. The third-order valence-electron chi connectivity index (χ3n) is 4.22. The minimum absolute atomic E-state index is 0.0733. The number of rotatable bonds is 7. The lowest BCUT2D eigenvalue weighted by molar-refractivity contribution is -0.116.